The Bertz CT molecular complexity index is 486. The summed E-state index contributed by atoms with van der Waals surface area (Å²) in [4.78, 5) is 2.46. The molecule has 0 amide bonds. The van der Waals surface area contributed by atoms with Crippen molar-refractivity contribution in [2.45, 2.75) is 26.2 Å². The van der Waals surface area contributed by atoms with E-state index in [0.29, 0.717) is 6.79 Å². The lowest BCUT2D eigenvalue weighted by molar-refractivity contribution is 0.0374. The van der Waals surface area contributed by atoms with Gasteiger partial charge in [0.2, 0.25) is 6.79 Å². The van der Waals surface area contributed by atoms with Gasteiger partial charge in [-0.3, -0.25) is 4.90 Å². The van der Waals surface area contributed by atoms with E-state index in [9.17, 15) is 0 Å². The standard InChI is InChI=1S/C17H25NO4/c1-2-8-20-15-12-17-16(21-13-22-17)11-14(15)4-3-5-18-6-9-19-10-7-18/h11-12H,2-10,13H2,1H3. The van der Waals surface area contributed by atoms with E-state index in [-0.39, 0.29) is 0 Å². The van der Waals surface area contributed by atoms with Crippen molar-refractivity contribution in [1.82, 2.24) is 4.90 Å². The molecule has 122 valence electrons. The van der Waals surface area contributed by atoms with E-state index in [4.69, 9.17) is 18.9 Å². The first-order valence-corrected chi connectivity index (χ1v) is 8.22. The highest BCUT2D eigenvalue weighted by molar-refractivity contribution is 5.51. The molecule has 2 aliphatic rings. The van der Waals surface area contributed by atoms with Gasteiger partial charge >= 0.3 is 0 Å². The summed E-state index contributed by atoms with van der Waals surface area (Å²) in [5.74, 6) is 2.57. The number of benzene rings is 1. The van der Waals surface area contributed by atoms with Crippen molar-refractivity contribution in [3.63, 3.8) is 0 Å². The second-order valence-corrected chi connectivity index (χ2v) is 5.72. The van der Waals surface area contributed by atoms with Crippen LogP contribution in [0.15, 0.2) is 12.1 Å². The van der Waals surface area contributed by atoms with Crippen molar-refractivity contribution in [3.05, 3.63) is 17.7 Å². The van der Waals surface area contributed by atoms with Crippen molar-refractivity contribution in [2.24, 2.45) is 0 Å². The Balaban J connectivity index is 1.60. The fourth-order valence-corrected chi connectivity index (χ4v) is 2.83. The van der Waals surface area contributed by atoms with E-state index in [0.717, 1.165) is 76.0 Å². The molecule has 1 aromatic carbocycles. The molecule has 2 heterocycles. The highest BCUT2D eigenvalue weighted by Gasteiger charge is 2.18. The Morgan fingerprint density at radius 1 is 1.14 bits per heavy atom. The Labute approximate surface area is 132 Å². The van der Waals surface area contributed by atoms with Crippen LogP contribution in [0.2, 0.25) is 0 Å². The molecule has 0 aliphatic carbocycles. The fourth-order valence-electron chi connectivity index (χ4n) is 2.83. The van der Waals surface area contributed by atoms with Gasteiger partial charge in [-0.15, -0.1) is 0 Å². The number of ether oxygens (including phenoxy) is 4. The van der Waals surface area contributed by atoms with Gasteiger partial charge in [-0.2, -0.15) is 0 Å². The molecule has 0 aromatic heterocycles. The van der Waals surface area contributed by atoms with Gasteiger partial charge in [-0.05, 0) is 37.4 Å². The third kappa shape index (κ3) is 3.84. The minimum atomic E-state index is 0.305. The molecule has 0 bridgehead atoms. The highest BCUT2D eigenvalue weighted by Crippen LogP contribution is 2.38. The largest absolute Gasteiger partial charge is 0.493 e. The first kappa shape index (κ1) is 15.4. The molecule has 0 radical (unpaired) electrons. The van der Waals surface area contributed by atoms with Gasteiger partial charge in [-0.25, -0.2) is 0 Å². The third-order valence-electron chi connectivity index (χ3n) is 4.04. The van der Waals surface area contributed by atoms with Crippen LogP contribution in [0, 0.1) is 0 Å². The maximum Gasteiger partial charge on any atom is 0.231 e. The monoisotopic (exact) mass is 307 g/mol. The van der Waals surface area contributed by atoms with Crippen molar-refractivity contribution in [3.8, 4) is 17.2 Å². The number of nitrogens with zero attached hydrogens (tertiary/aromatic N) is 1. The van der Waals surface area contributed by atoms with Gasteiger partial charge in [0.15, 0.2) is 11.5 Å². The van der Waals surface area contributed by atoms with Crippen molar-refractivity contribution in [2.75, 3.05) is 46.2 Å². The summed E-state index contributed by atoms with van der Waals surface area (Å²) in [5.41, 5.74) is 1.21. The highest BCUT2D eigenvalue weighted by atomic mass is 16.7. The summed E-state index contributed by atoms with van der Waals surface area (Å²) in [6.45, 7) is 8.05. The Kier molecular flexibility index (Phi) is 5.40. The molecule has 1 aromatic rings. The van der Waals surface area contributed by atoms with Gasteiger partial charge < -0.3 is 18.9 Å². The second kappa shape index (κ2) is 7.70. The molecule has 0 unspecified atom stereocenters. The first-order valence-electron chi connectivity index (χ1n) is 8.22. The number of hydrogen-bond donors (Lipinski definition) is 0. The SMILES string of the molecule is CCCOc1cc2c(cc1CCCN1CCOCC1)OCO2. The van der Waals surface area contributed by atoms with Crippen LogP contribution in [0.5, 0.6) is 17.2 Å². The smallest absolute Gasteiger partial charge is 0.231 e. The van der Waals surface area contributed by atoms with E-state index in [1.54, 1.807) is 0 Å². The van der Waals surface area contributed by atoms with E-state index in [2.05, 4.69) is 17.9 Å². The molecule has 22 heavy (non-hydrogen) atoms. The van der Waals surface area contributed by atoms with E-state index >= 15 is 0 Å². The number of rotatable bonds is 7. The van der Waals surface area contributed by atoms with E-state index in [1.165, 1.54) is 5.56 Å². The minimum absolute atomic E-state index is 0.305. The quantitative estimate of drug-likeness (QED) is 0.774. The number of hydrogen-bond acceptors (Lipinski definition) is 5. The zero-order chi connectivity index (χ0) is 15.2. The molecule has 0 saturated carbocycles. The molecule has 2 aliphatic heterocycles. The number of fused-ring (bicyclic) bond motifs is 1. The molecule has 0 spiro atoms. The minimum Gasteiger partial charge on any atom is -0.493 e. The molecule has 1 fully saturated rings. The summed E-state index contributed by atoms with van der Waals surface area (Å²) >= 11 is 0. The lowest BCUT2D eigenvalue weighted by Gasteiger charge is -2.26. The summed E-state index contributed by atoms with van der Waals surface area (Å²) in [6.07, 6.45) is 3.11. The third-order valence-corrected chi connectivity index (χ3v) is 4.04. The van der Waals surface area contributed by atoms with Crippen LogP contribution in [0.3, 0.4) is 0 Å². The van der Waals surface area contributed by atoms with Crippen LogP contribution in [-0.4, -0.2) is 51.1 Å². The molecule has 5 nitrogen and oxygen atoms in total. The predicted molar refractivity (Wildman–Crippen MR) is 83.9 cm³/mol. The van der Waals surface area contributed by atoms with E-state index < -0.39 is 0 Å². The van der Waals surface area contributed by atoms with Crippen LogP contribution in [-0.2, 0) is 11.2 Å². The van der Waals surface area contributed by atoms with Gasteiger partial charge in [-0.1, -0.05) is 6.92 Å². The topological polar surface area (TPSA) is 40.2 Å². The van der Waals surface area contributed by atoms with Crippen molar-refractivity contribution >= 4 is 0 Å². The maximum atomic E-state index is 5.88. The summed E-state index contributed by atoms with van der Waals surface area (Å²) in [6, 6.07) is 4.05. The first-order chi connectivity index (χ1) is 10.9. The number of aryl methyl sites for hydroxylation is 1. The van der Waals surface area contributed by atoms with Crippen LogP contribution in [0.1, 0.15) is 25.3 Å². The Morgan fingerprint density at radius 2 is 1.91 bits per heavy atom. The average Bonchev–Trinajstić information content (AvgIpc) is 3.01. The van der Waals surface area contributed by atoms with Gasteiger partial charge in [0.25, 0.3) is 0 Å². The molecule has 5 heteroatoms. The number of morpholine rings is 1. The lowest BCUT2D eigenvalue weighted by atomic mass is 10.1. The van der Waals surface area contributed by atoms with Gasteiger partial charge in [0, 0.05) is 19.2 Å². The summed E-state index contributed by atoms with van der Waals surface area (Å²) < 4.78 is 22.2. The molecular formula is C17H25NO4. The molecule has 1 saturated heterocycles. The zero-order valence-electron chi connectivity index (χ0n) is 13.3. The molecule has 0 atom stereocenters. The van der Waals surface area contributed by atoms with Crippen LogP contribution < -0.4 is 14.2 Å². The van der Waals surface area contributed by atoms with Crippen LogP contribution in [0.25, 0.3) is 0 Å². The Hall–Kier alpha value is -1.46. The molecular weight excluding hydrogens is 282 g/mol. The zero-order valence-corrected chi connectivity index (χ0v) is 13.3. The summed E-state index contributed by atoms with van der Waals surface area (Å²) in [5, 5.41) is 0. The average molecular weight is 307 g/mol. The maximum absolute atomic E-state index is 5.88. The molecule has 3 rings (SSSR count). The van der Waals surface area contributed by atoms with Crippen molar-refractivity contribution < 1.29 is 18.9 Å². The predicted octanol–water partition coefficient (Wildman–Crippen LogP) is 2.47. The Morgan fingerprint density at radius 3 is 2.68 bits per heavy atom. The normalized spacial score (nSPS) is 17.7. The van der Waals surface area contributed by atoms with E-state index in [1.807, 2.05) is 6.07 Å². The van der Waals surface area contributed by atoms with Crippen molar-refractivity contribution in [1.29, 1.82) is 0 Å². The van der Waals surface area contributed by atoms with Crippen LogP contribution >= 0.6 is 0 Å². The van der Waals surface area contributed by atoms with Crippen LogP contribution in [0.4, 0.5) is 0 Å². The van der Waals surface area contributed by atoms with Gasteiger partial charge in [0.05, 0.1) is 19.8 Å². The lowest BCUT2D eigenvalue weighted by Crippen LogP contribution is -2.36. The molecule has 0 N–H and O–H groups in total. The summed E-state index contributed by atoms with van der Waals surface area (Å²) in [7, 11) is 0. The second-order valence-electron chi connectivity index (χ2n) is 5.72. The fraction of sp³-hybridized carbons (Fsp3) is 0.647. The van der Waals surface area contributed by atoms with Gasteiger partial charge in [0.1, 0.15) is 5.75 Å².